The van der Waals surface area contributed by atoms with Crippen molar-refractivity contribution in [1.82, 2.24) is 4.90 Å². The summed E-state index contributed by atoms with van der Waals surface area (Å²) in [5, 5.41) is 4.67. The van der Waals surface area contributed by atoms with Gasteiger partial charge in [-0.2, -0.15) is 0 Å². The molecular formula is C20H22FN3O2S. The van der Waals surface area contributed by atoms with Gasteiger partial charge in [-0.05, 0) is 55.3 Å². The number of halogens is 1. The van der Waals surface area contributed by atoms with Crippen LogP contribution in [0.5, 0.6) is 0 Å². The van der Waals surface area contributed by atoms with Crippen LogP contribution in [0.3, 0.4) is 0 Å². The Morgan fingerprint density at radius 2 is 1.93 bits per heavy atom. The third-order valence-electron chi connectivity index (χ3n) is 5.17. The Morgan fingerprint density at radius 3 is 2.67 bits per heavy atom. The number of anilines is 2. The minimum Gasteiger partial charge on any atom is -0.371 e. The third kappa shape index (κ3) is 3.83. The molecule has 0 unspecified atom stereocenters. The molecule has 3 heterocycles. The highest BCUT2D eigenvalue weighted by Crippen LogP contribution is 2.27. The Labute approximate surface area is 161 Å². The van der Waals surface area contributed by atoms with Gasteiger partial charge in [0.25, 0.3) is 5.91 Å². The van der Waals surface area contributed by atoms with E-state index in [0.717, 1.165) is 38.0 Å². The zero-order chi connectivity index (χ0) is 18.8. The molecule has 2 amide bonds. The van der Waals surface area contributed by atoms with Crippen molar-refractivity contribution in [3.63, 3.8) is 0 Å². The molecule has 0 bridgehead atoms. The van der Waals surface area contributed by atoms with E-state index in [-0.39, 0.29) is 17.6 Å². The summed E-state index contributed by atoms with van der Waals surface area (Å²) in [6.07, 6.45) is 3.61. The lowest BCUT2D eigenvalue weighted by molar-refractivity contribution is -0.119. The van der Waals surface area contributed by atoms with Crippen molar-refractivity contribution < 1.29 is 14.0 Å². The van der Waals surface area contributed by atoms with Crippen LogP contribution in [0.1, 0.15) is 35.4 Å². The first-order chi connectivity index (χ1) is 13.1. The van der Waals surface area contributed by atoms with Gasteiger partial charge in [0.05, 0.1) is 4.88 Å². The highest BCUT2D eigenvalue weighted by atomic mass is 32.1. The van der Waals surface area contributed by atoms with Gasteiger partial charge >= 0.3 is 0 Å². The third-order valence-corrected chi connectivity index (χ3v) is 6.03. The molecule has 2 aliphatic rings. The fourth-order valence-corrected chi connectivity index (χ4v) is 4.53. The van der Waals surface area contributed by atoms with Gasteiger partial charge in [-0.1, -0.05) is 6.07 Å². The zero-order valence-electron chi connectivity index (χ0n) is 15.0. The standard InChI is InChI=1S/C20H22FN3O2S/c21-14-11-15(13-16(12-14)23-7-1-2-8-23)22-19(25)17-5-3-9-24(17)20(26)18-6-4-10-27-18/h4,6,10-13,17H,1-3,5,7-9H2,(H,22,25)/t17-/m0/s1. The van der Waals surface area contributed by atoms with E-state index in [1.54, 1.807) is 11.0 Å². The zero-order valence-corrected chi connectivity index (χ0v) is 15.8. The van der Waals surface area contributed by atoms with Crippen molar-refractivity contribution in [3.8, 4) is 0 Å². The van der Waals surface area contributed by atoms with Crippen molar-refractivity contribution in [2.24, 2.45) is 0 Å². The highest BCUT2D eigenvalue weighted by molar-refractivity contribution is 7.12. The molecule has 5 nitrogen and oxygen atoms in total. The number of benzene rings is 1. The SMILES string of the molecule is O=C(Nc1cc(F)cc(N2CCCC2)c1)[C@@H]1CCCN1C(=O)c1cccs1. The predicted octanol–water partition coefficient (Wildman–Crippen LogP) is 3.73. The van der Waals surface area contributed by atoms with Gasteiger partial charge in [-0.25, -0.2) is 4.39 Å². The molecule has 0 saturated carbocycles. The summed E-state index contributed by atoms with van der Waals surface area (Å²) >= 11 is 1.38. The normalized spacial score (nSPS) is 19.5. The van der Waals surface area contributed by atoms with Crippen LogP contribution >= 0.6 is 11.3 Å². The molecule has 2 aromatic rings. The summed E-state index contributed by atoms with van der Waals surface area (Å²) in [6.45, 7) is 2.38. The van der Waals surface area contributed by atoms with E-state index in [4.69, 9.17) is 0 Å². The number of thiophene rings is 1. The molecule has 4 rings (SSSR count). The maximum Gasteiger partial charge on any atom is 0.264 e. The van der Waals surface area contributed by atoms with Crippen LogP contribution in [-0.2, 0) is 4.79 Å². The van der Waals surface area contributed by atoms with E-state index in [1.807, 2.05) is 17.5 Å². The monoisotopic (exact) mass is 387 g/mol. The molecular weight excluding hydrogens is 365 g/mol. The van der Waals surface area contributed by atoms with Crippen molar-refractivity contribution in [2.45, 2.75) is 31.7 Å². The van der Waals surface area contributed by atoms with Crippen LogP contribution in [0.15, 0.2) is 35.7 Å². The number of likely N-dealkylation sites (tertiary alicyclic amines) is 1. The maximum atomic E-state index is 14.1. The maximum absolute atomic E-state index is 14.1. The fraction of sp³-hybridized carbons (Fsp3) is 0.400. The molecule has 2 aliphatic heterocycles. The fourth-order valence-electron chi connectivity index (χ4n) is 3.85. The molecule has 1 aromatic carbocycles. The Balaban J connectivity index is 1.49. The molecule has 0 radical (unpaired) electrons. The van der Waals surface area contributed by atoms with Crippen molar-refractivity contribution in [1.29, 1.82) is 0 Å². The van der Waals surface area contributed by atoms with E-state index >= 15 is 0 Å². The first kappa shape index (κ1) is 18.0. The molecule has 0 aliphatic carbocycles. The highest BCUT2D eigenvalue weighted by Gasteiger charge is 2.35. The van der Waals surface area contributed by atoms with Gasteiger partial charge in [-0.3, -0.25) is 9.59 Å². The Hall–Kier alpha value is -2.41. The Kier molecular flexibility index (Phi) is 5.11. The molecule has 2 saturated heterocycles. The predicted molar refractivity (Wildman–Crippen MR) is 105 cm³/mol. The smallest absolute Gasteiger partial charge is 0.264 e. The van der Waals surface area contributed by atoms with E-state index in [2.05, 4.69) is 10.2 Å². The van der Waals surface area contributed by atoms with Gasteiger partial charge < -0.3 is 15.1 Å². The van der Waals surface area contributed by atoms with Crippen LogP contribution in [0, 0.1) is 5.82 Å². The average molecular weight is 387 g/mol. The number of carbonyl (C=O) groups is 2. The van der Waals surface area contributed by atoms with Crippen LogP contribution in [-0.4, -0.2) is 42.4 Å². The van der Waals surface area contributed by atoms with Crippen molar-refractivity contribution >= 4 is 34.5 Å². The molecule has 2 fully saturated rings. The van der Waals surface area contributed by atoms with Crippen molar-refractivity contribution in [2.75, 3.05) is 29.9 Å². The summed E-state index contributed by atoms with van der Waals surface area (Å²) in [4.78, 5) is 29.8. The van der Waals surface area contributed by atoms with E-state index in [0.29, 0.717) is 23.5 Å². The van der Waals surface area contributed by atoms with Crippen LogP contribution in [0.2, 0.25) is 0 Å². The number of amides is 2. The molecule has 0 spiro atoms. The second kappa shape index (κ2) is 7.68. The lowest BCUT2D eigenvalue weighted by atomic mass is 10.2. The summed E-state index contributed by atoms with van der Waals surface area (Å²) in [6, 6.07) is 7.73. The second-order valence-electron chi connectivity index (χ2n) is 7.02. The van der Waals surface area contributed by atoms with E-state index in [1.165, 1.54) is 23.5 Å². The van der Waals surface area contributed by atoms with Gasteiger partial charge in [0.1, 0.15) is 11.9 Å². The first-order valence-electron chi connectivity index (χ1n) is 9.33. The number of rotatable bonds is 4. The van der Waals surface area contributed by atoms with E-state index < -0.39 is 6.04 Å². The summed E-state index contributed by atoms with van der Waals surface area (Å²) < 4.78 is 14.1. The van der Waals surface area contributed by atoms with E-state index in [9.17, 15) is 14.0 Å². The molecule has 7 heteroatoms. The minimum atomic E-state index is -0.516. The number of nitrogens with zero attached hydrogens (tertiary/aromatic N) is 2. The Morgan fingerprint density at radius 1 is 1.11 bits per heavy atom. The summed E-state index contributed by atoms with van der Waals surface area (Å²) in [7, 11) is 0. The topological polar surface area (TPSA) is 52.7 Å². The van der Waals surface area contributed by atoms with Crippen LogP contribution in [0.25, 0.3) is 0 Å². The molecule has 142 valence electrons. The van der Waals surface area contributed by atoms with Gasteiger partial charge in [0.15, 0.2) is 0 Å². The molecule has 1 N–H and O–H groups in total. The number of hydrogen-bond donors (Lipinski definition) is 1. The van der Waals surface area contributed by atoms with Gasteiger partial charge in [0.2, 0.25) is 5.91 Å². The quantitative estimate of drug-likeness (QED) is 0.870. The molecule has 27 heavy (non-hydrogen) atoms. The first-order valence-corrected chi connectivity index (χ1v) is 10.2. The largest absolute Gasteiger partial charge is 0.371 e. The van der Waals surface area contributed by atoms with Crippen LogP contribution < -0.4 is 10.2 Å². The van der Waals surface area contributed by atoms with Crippen LogP contribution in [0.4, 0.5) is 15.8 Å². The average Bonchev–Trinajstić information content (AvgIpc) is 3.43. The molecule has 1 aromatic heterocycles. The summed E-state index contributed by atoms with van der Waals surface area (Å²) in [5.74, 6) is -0.734. The van der Waals surface area contributed by atoms with Crippen molar-refractivity contribution in [3.05, 3.63) is 46.4 Å². The summed E-state index contributed by atoms with van der Waals surface area (Å²) in [5.41, 5.74) is 1.23. The lowest BCUT2D eigenvalue weighted by Crippen LogP contribution is -2.43. The Bertz CT molecular complexity index is 834. The number of nitrogens with one attached hydrogen (secondary N) is 1. The number of carbonyl (C=O) groups excluding carboxylic acids is 2. The van der Waals surface area contributed by atoms with Gasteiger partial charge in [-0.15, -0.1) is 11.3 Å². The molecule has 1 atom stereocenters. The second-order valence-corrected chi connectivity index (χ2v) is 7.96. The number of hydrogen-bond acceptors (Lipinski definition) is 4. The minimum absolute atomic E-state index is 0.111. The van der Waals surface area contributed by atoms with Gasteiger partial charge in [0, 0.05) is 31.0 Å². The lowest BCUT2D eigenvalue weighted by Gasteiger charge is -2.24.